The highest BCUT2D eigenvalue weighted by atomic mass is 35.5. The summed E-state index contributed by atoms with van der Waals surface area (Å²) in [7, 11) is 0. The Morgan fingerprint density at radius 3 is 2.81 bits per heavy atom. The van der Waals surface area contributed by atoms with Gasteiger partial charge < -0.3 is 0 Å². The summed E-state index contributed by atoms with van der Waals surface area (Å²) >= 11 is 12.6. The number of benzene rings is 1. The molecule has 2 heterocycles. The fourth-order valence-electron chi connectivity index (χ4n) is 2.40. The Kier molecular flexibility index (Phi) is 5.39. The van der Waals surface area contributed by atoms with Gasteiger partial charge in [-0.1, -0.05) is 41.4 Å². The van der Waals surface area contributed by atoms with Crippen molar-refractivity contribution in [2.45, 2.75) is 20.4 Å². The second-order valence-corrected chi connectivity index (χ2v) is 6.41. The van der Waals surface area contributed by atoms with Crippen LogP contribution >= 0.6 is 23.2 Å². The molecule has 0 bridgehead atoms. The third kappa shape index (κ3) is 4.12. The zero-order valence-electron chi connectivity index (χ0n) is 14.1. The van der Waals surface area contributed by atoms with Crippen molar-refractivity contribution in [3.63, 3.8) is 0 Å². The van der Waals surface area contributed by atoms with Gasteiger partial charge >= 0.3 is 0 Å². The topological polar surface area (TPSA) is 88.0 Å². The minimum Gasteiger partial charge on any atom is -0.291 e. The quantitative estimate of drug-likeness (QED) is 0.516. The van der Waals surface area contributed by atoms with Crippen molar-refractivity contribution in [1.82, 2.24) is 19.7 Å². The molecule has 0 aliphatic rings. The largest absolute Gasteiger partial charge is 0.291 e. The monoisotopic (exact) mass is 390 g/mol. The van der Waals surface area contributed by atoms with Gasteiger partial charge in [0.05, 0.1) is 24.0 Å². The number of rotatable bonds is 5. The molecular weight excluding hydrogens is 375 g/mol. The van der Waals surface area contributed by atoms with E-state index in [9.17, 15) is 4.79 Å². The smallest absolute Gasteiger partial charge is 0.252 e. The molecule has 9 heteroatoms. The van der Waals surface area contributed by atoms with Crippen molar-refractivity contribution < 1.29 is 0 Å². The molecule has 1 aromatic carbocycles. The van der Waals surface area contributed by atoms with Crippen LogP contribution in [0.4, 0.5) is 5.95 Å². The molecule has 0 unspecified atom stereocenters. The first-order valence-electron chi connectivity index (χ1n) is 7.77. The van der Waals surface area contributed by atoms with E-state index in [1.165, 1.54) is 12.3 Å². The van der Waals surface area contributed by atoms with Crippen LogP contribution in [0.25, 0.3) is 0 Å². The van der Waals surface area contributed by atoms with E-state index in [1.807, 2.05) is 31.2 Å². The Hall–Kier alpha value is -2.64. The summed E-state index contributed by atoms with van der Waals surface area (Å²) < 4.78 is 1.66. The minimum absolute atomic E-state index is 0.253. The highest BCUT2D eigenvalue weighted by Crippen LogP contribution is 2.22. The molecule has 0 aliphatic carbocycles. The van der Waals surface area contributed by atoms with Crippen LogP contribution in [0.3, 0.4) is 0 Å². The SMILES string of the molecule is Cc1cc(=O)[nH]c(N/N=C\c2c(C)nn(Cc3ccccc3Cl)c2Cl)n1. The van der Waals surface area contributed by atoms with Gasteiger partial charge in [0.1, 0.15) is 5.15 Å². The molecule has 0 fully saturated rings. The molecule has 0 saturated carbocycles. The lowest BCUT2D eigenvalue weighted by molar-refractivity contribution is 0.680. The molecule has 2 N–H and O–H groups in total. The molecule has 7 nitrogen and oxygen atoms in total. The van der Waals surface area contributed by atoms with Crippen LogP contribution in [0, 0.1) is 13.8 Å². The zero-order valence-corrected chi connectivity index (χ0v) is 15.6. The van der Waals surface area contributed by atoms with Crippen LogP contribution in [-0.2, 0) is 6.54 Å². The molecule has 0 atom stereocenters. The van der Waals surface area contributed by atoms with Gasteiger partial charge in [-0.25, -0.2) is 15.1 Å². The Labute approximate surface area is 159 Å². The normalized spacial score (nSPS) is 11.2. The van der Waals surface area contributed by atoms with E-state index in [4.69, 9.17) is 23.2 Å². The van der Waals surface area contributed by atoms with Gasteiger partial charge in [-0.2, -0.15) is 10.2 Å². The predicted octanol–water partition coefficient (Wildman–Crippen LogP) is 3.38. The average molecular weight is 391 g/mol. The number of aromatic nitrogens is 4. The number of nitrogens with zero attached hydrogens (tertiary/aromatic N) is 4. The summed E-state index contributed by atoms with van der Waals surface area (Å²) in [6.07, 6.45) is 1.54. The van der Waals surface area contributed by atoms with Crippen molar-refractivity contribution in [3.05, 3.63) is 73.4 Å². The molecule has 0 spiro atoms. The van der Waals surface area contributed by atoms with Crippen LogP contribution in [0.15, 0.2) is 40.2 Å². The molecule has 0 aliphatic heterocycles. The van der Waals surface area contributed by atoms with E-state index in [0.717, 1.165) is 11.3 Å². The molecule has 26 heavy (non-hydrogen) atoms. The van der Waals surface area contributed by atoms with Gasteiger partial charge in [0.2, 0.25) is 5.95 Å². The minimum atomic E-state index is -0.253. The molecule has 3 rings (SSSR count). The summed E-state index contributed by atoms with van der Waals surface area (Å²) in [5.41, 5.74) is 5.33. The van der Waals surface area contributed by atoms with Gasteiger partial charge in [-0.05, 0) is 25.5 Å². The van der Waals surface area contributed by atoms with E-state index in [-0.39, 0.29) is 11.5 Å². The number of hydrogen-bond donors (Lipinski definition) is 2. The first-order chi connectivity index (χ1) is 12.4. The maximum Gasteiger partial charge on any atom is 0.252 e. The molecule has 0 amide bonds. The van der Waals surface area contributed by atoms with Crippen molar-refractivity contribution in [2.75, 3.05) is 5.43 Å². The Morgan fingerprint density at radius 1 is 1.31 bits per heavy atom. The third-order valence-electron chi connectivity index (χ3n) is 3.62. The third-order valence-corrected chi connectivity index (χ3v) is 4.39. The number of nitrogens with one attached hydrogen (secondary N) is 2. The zero-order chi connectivity index (χ0) is 18.7. The molecule has 134 valence electrons. The van der Waals surface area contributed by atoms with Crippen molar-refractivity contribution in [1.29, 1.82) is 0 Å². The lowest BCUT2D eigenvalue weighted by atomic mass is 10.2. The molecule has 3 aromatic rings. The van der Waals surface area contributed by atoms with E-state index in [1.54, 1.807) is 11.6 Å². The van der Waals surface area contributed by atoms with Crippen LogP contribution in [-0.4, -0.2) is 26.0 Å². The first kappa shape index (κ1) is 18.2. The highest BCUT2D eigenvalue weighted by molar-refractivity contribution is 6.32. The number of halogens is 2. The van der Waals surface area contributed by atoms with Crippen LogP contribution < -0.4 is 11.0 Å². The first-order valence-corrected chi connectivity index (χ1v) is 8.53. The Morgan fingerprint density at radius 2 is 2.08 bits per heavy atom. The summed E-state index contributed by atoms with van der Waals surface area (Å²) in [5, 5.41) is 9.62. The summed E-state index contributed by atoms with van der Waals surface area (Å²) in [6.45, 7) is 4.01. The molecule has 2 aromatic heterocycles. The number of aromatic amines is 1. The van der Waals surface area contributed by atoms with Gasteiger partial charge in [0.25, 0.3) is 5.56 Å². The van der Waals surface area contributed by atoms with Crippen LogP contribution in [0.5, 0.6) is 0 Å². The van der Waals surface area contributed by atoms with E-state index < -0.39 is 0 Å². The fraction of sp³-hybridized carbons (Fsp3) is 0.176. The lowest BCUT2D eigenvalue weighted by Gasteiger charge is -2.05. The summed E-state index contributed by atoms with van der Waals surface area (Å²) in [5.74, 6) is 0.253. The Balaban J connectivity index is 1.79. The van der Waals surface area contributed by atoms with E-state index in [2.05, 4.69) is 25.6 Å². The Bertz CT molecular complexity index is 1020. The number of anilines is 1. The number of hydrazone groups is 1. The van der Waals surface area contributed by atoms with Gasteiger partial charge in [0, 0.05) is 16.8 Å². The van der Waals surface area contributed by atoms with Gasteiger partial charge in [0.15, 0.2) is 0 Å². The maximum atomic E-state index is 11.4. The van der Waals surface area contributed by atoms with Gasteiger partial charge in [-0.15, -0.1) is 0 Å². The van der Waals surface area contributed by atoms with Crippen molar-refractivity contribution in [2.24, 2.45) is 5.10 Å². The van der Waals surface area contributed by atoms with Crippen molar-refractivity contribution >= 4 is 35.4 Å². The van der Waals surface area contributed by atoms with Crippen LogP contribution in [0.2, 0.25) is 10.2 Å². The lowest BCUT2D eigenvalue weighted by Crippen LogP contribution is -2.10. The van der Waals surface area contributed by atoms with Crippen molar-refractivity contribution in [3.8, 4) is 0 Å². The summed E-state index contributed by atoms with van der Waals surface area (Å²) in [4.78, 5) is 18.1. The molecular formula is C17H16Cl2N6O. The molecule has 0 radical (unpaired) electrons. The number of H-pyrrole nitrogens is 1. The second kappa shape index (κ2) is 7.72. The summed E-state index contributed by atoms with van der Waals surface area (Å²) in [6, 6.07) is 8.92. The highest BCUT2D eigenvalue weighted by Gasteiger charge is 2.13. The average Bonchev–Trinajstić information content (AvgIpc) is 2.83. The van der Waals surface area contributed by atoms with E-state index >= 15 is 0 Å². The van der Waals surface area contributed by atoms with Gasteiger partial charge in [-0.3, -0.25) is 9.78 Å². The molecule has 0 saturated heterocycles. The fourth-order valence-corrected chi connectivity index (χ4v) is 2.88. The standard InChI is InChI=1S/C17H16Cl2N6O/c1-10-7-15(26)22-17(21-10)23-20-8-13-11(2)24-25(16(13)19)9-12-5-3-4-6-14(12)18/h3-8H,9H2,1-2H3,(H2,21,22,23,26)/b20-8-. The number of aryl methyl sites for hydroxylation is 2. The van der Waals surface area contributed by atoms with Crippen LogP contribution in [0.1, 0.15) is 22.5 Å². The number of hydrogen-bond acceptors (Lipinski definition) is 5. The second-order valence-electron chi connectivity index (χ2n) is 5.64. The maximum absolute atomic E-state index is 11.4. The van der Waals surface area contributed by atoms with E-state index in [0.29, 0.717) is 28.0 Å². The predicted molar refractivity (Wildman–Crippen MR) is 103 cm³/mol.